The van der Waals surface area contributed by atoms with Gasteiger partial charge in [-0.1, -0.05) is 17.7 Å². The highest BCUT2D eigenvalue weighted by Gasteiger charge is 2.32. The Morgan fingerprint density at radius 2 is 1.72 bits per heavy atom. The summed E-state index contributed by atoms with van der Waals surface area (Å²) in [6.45, 7) is 1.28. The Morgan fingerprint density at radius 3 is 2.32 bits per heavy atom. The van der Waals surface area contributed by atoms with Crippen LogP contribution in [0.4, 0.5) is 24.5 Å². The third-order valence-electron chi connectivity index (χ3n) is 2.98. The Bertz CT molecular complexity index is 914. The lowest BCUT2D eigenvalue weighted by Crippen LogP contribution is -2.15. The fourth-order valence-electron chi connectivity index (χ4n) is 1.96. The molecule has 25 heavy (non-hydrogen) atoms. The standard InChI is InChI=1S/C15H12ClF3N2O3S/c1-9(22)20-11-3-2-4-12(8-11)21-25(23,24)14-7-10(15(17,18)19)5-6-13(14)16/h2-8,21H,1H3,(H,20,22). The van der Waals surface area contributed by atoms with Gasteiger partial charge in [0.25, 0.3) is 10.0 Å². The maximum absolute atomic E-state index is 12.8. The first kappa shape index (κ1) is 19.1. The molecule has 0 aliphatic carbocycles. The molecule has 0 fully saturated rings. The first-order valence-electron chi connectivity index (χ1n) is 6.76. The van der Waals surface area contributed by atoms with E-state index in [-0.39, 0.29) is 16.6 Å². The summed E-state index contributed by atoms with van der Waals surface area (Å²) in [6.07, 6.45) is -4.71. The van der Waals surface area contributed by atoms with Gasteiger partial charge in [0.15, 0.2) is 0 Å². The molecule has 0 aliphatic heterocycles. The van der Waals surface area contributed by atoms with Crippen molar-refractivity contribution < 1.29 is 26.4 Å². The van der Waals surface area contributed by atoms with E-state index in [9.17, 15) is 26.4 Å². The van der Waals surface area contributed by atoms with Crippen molar-refractivity contribution in [3.05, 3.63) is 53.1 Å². The molecule has 0 bridgehead atoms. The van der Waals surface area contributed by atoms with Crippen LogP contribution in [0.15, 0.2) is 47.4 Å². The molecule has 2 N–H and O–H groups in total. The summed E-state index contributed by atoms with van der Waals surface area (Å²) in [5.74, 6) is -0.360. The van der Waals surface area contributed by atoms with Crippen molar-refractivity contribution in [2.45, 2.75) is 18.0 Å². The number of halogens is 4. The van der Waals surface area contributed by atoms with Gasteiger partial charge in [0.2, 0.25) is 5.91 Å². The summed E-state index contributed by atoms with van der Waals surface area (Å²) in [7, 11) is -4.37. The van der Waals surface area contributed by atoms with Gasteiger partial charge in [0.05, 0.1) is 16.3 Å². The van der Waals surface area contributed by atoms with Gasteiger partial charge in [-0.05, 0) is 36.4 Å². The fraction of sp³-hybridized carbons (Fsp3) is 0.133. The normalized spacial score (nSPS) is 11.9. The van der Waals surface area contributed by atoms with Crippen LogP contribution in [-0.4, -0.2) is 14.3 Å². The van der Waals surface area contributed by atoms with Crippen molar-refractivity contribution in [3.8, 4) is 0 Å². The lowest BCUT2D eigenvalue weighted by Gasteiger charge is -2.13. The number of sulfonamides is 1. The zero-order valence-corrected chi connectivity index (χ0v) is 14.3. The first-order chi connectivity index (χ1) is 11.5. The van der Waals surface area contributed by atoms with Crippen molar-refractivity contribution in [1.29, 1.82) is 0 Å². The number of anilines is 2. The minimum Gasteiger partial charge on any atom is -0.326 e. The largest absolute Gasteiger partial charge is 0.416 e. The molecule has 0 unspecified atom stereocenters. The van der Waals surface area contributed by atoms with Gasteiger partial charge in [0.1, 0.15) is 4.90 Å². The minimum absolute atomic E-state index is 0.0553. The summed E-state index contributed by atoms with van der Waals surface area (Å²) in [5.41, 5.74) is -0.758. The Labute approximate surface area is 146 Å². The zero-order chi connectivity index (χ0) is 18.8. The van der Waals surface area contributed by atoms with E-state index >= 15 is 0 Å². The highest BCUT2D eigenvalue weighted by Crippen LogP contribution is 2.34. The van der Waals surface area contributed by atoms with Crippen LogP contribution in [0.1, 0.15) is 12.5 Å². The number of rotatable bonds is 4. The number of carbonyl (C=O) groups excluding carboxylic acids is 1. The van der Waals surface area contributed by atoms with E-state index in [1.807, 2.05) is 0 Å². The van der Waals surface area contributed by atoms with Crippen LogP contribution in [-0.2, 0) is 21.0 Å². The zero-order valence-electron chi connectivity index (χ0n) is 12.7. The second-order valence-electron chi connectivity index (χ2n) is 5.01. The van der Waals surface area contributed by atoms with Crippen molar-refractivity contribution in [1.82, 2.24) is 0 Å². The van der Waals surface area contributed by atoms with Crippen LogP contribution >= 0.6 is 11.6 Å². The fourth-order valence-corrected chi connectivity index (χ4v) is 3.54. The van der Waals surface area contributed by atoms with Crippen LogP contribution in [0.25, 0.3) is 0 Å². The van der Waals surface area contributed by atoms with E-state index in [1.54, 1.807) is 0 Å². The highest BCUT2D eigenvalue weighted by molar-refractivity contribution is 7.92. The number of amides is 1. The lowest BCUT2D eigenvalue weighted by atomic mass is 10.2. The van der Waals surface area contributed by atoms with Crippen molar-refractivity contribution >= 4 is 38.9 Å². The SMILES string of the molecule is CC(=O)Nc1cccc(NS(=O)(=O)c2cc(C(F)(F)F)ccc2Cl)c1. The third-order valence-corrected chi connectivity index (χ3v) is 4.85. The van der Waals surface area contributed by atoms with E-state index in [1.165, 1.54) is 31.2 Å². The summed E-state index contributed by atoms with van der Waals surface area (Å²) in [5, 5.41) is 2.11. The average Bonchev–Trinajstić information content (AvgIpc) is 2.45. The van der Waals surface area contributed by atoms with Crippen LogP contribution < -0.4 is 10.0 Å². The maximum atomic E-state index is 12.8. The van der Waals surface area contributed by atoms with Crippen LogP contribution in [0.3, 0.4) is 0 Å². The molecule has 134 valence electrons. The van der Waals surface area contributed by atoms with Crippen LogP contribution in [0.5, 0.6) is 0 Å². The van der Waals surface area contributed by atoms with Crippen LogP contribution in [0.2, 0.25) is 5.02 Å². The Morgan fingerprint density at radius 1 is 1.08 bits per heavy atom. The maximum Gasteiger partial charge on any atom is 0.416 e. The number of carbonyl (C=O) groups is 1. The molecule has 0 aliphatic rings. The Hall–Kier alpha value is -2.26. The number of hydrogen-bond acceptors (Lipinski definition) is 3. The summed E-state index contributed by atoms with van der Waals surface area (Å²) < 4.78 is 65.3. The van der Waals surface area contributed by atoms with E-state index in [4.69, 9.17) is 11.6 Å². The molecule has 2 rings (SSSR count). The van der Waals surface area contributed by atoms with E-state index in [2.05, 4.69) is 10.0 Å². The van der Waals surface area contributed by atoms with Crippen LogP contribution in [0, 0.1) is 0 Å². The van der Waals surface area contributed by atoms with Gasteiger partial charge in [-0.15, -0.1) is 0 Å². The number of nitrogens with one attached hydrogen (secondary N) is 2. The minimum atomic E-state index is -4.71. The summed E-state index contributed by atoms with van der Waals surface area (Å²) in [6, 6.07) is 7.71. The molecule has 0 atom stereocenters. The molecule has 10 heteroatoms. The number of hydrogen-bond donors (Lipinski definition) is 2. The van der Waals surface area contributed by atoms with Crippen molar-refractivity contribution in [2.24, 2.45) is 0 Å². The number of alkyl halides is 3. The first-order valence-corrected chi connectivity index (χ1v) is 8.62. The van der Waals surface area contributed by atoms with Gasteiger partial charge >= 0.3 is 6.18 Å². The smallest absolute Gasteiger partial charge is 0.326 e. The second-order valence-corrected chi connectivity index (χ2v) is 7.07. The molecule has 1 amide bonds. The Kier molecular flexibility index (Phi) is 5.28. The predicted octanol–water partition coefficient (Wildman–Crippen LogP) is 4.12. The van der Waals surface area contributed by atoms with Gasteiger partial charge in [-0.2, -0.15) is 13.2 Å². The van der Waals surface area contributed by atoms with Gasteiger partial charge in [-0.3, -0.25) is 9.52 Å². The van der Waals surface area contributed by atoms with Crippen molar-refractivity contribution in [3.63, 3.8) is 0 Å². The third kappa shape index (κ3) is 4.86. The predicted molar refractivity (Wildman–Crippen MR) is 88.0 cm³/mol. The van der Waals surface area contributed by atoms with Crippen molar-refractivity contribution in [2.75, 3.05) is 10.0 Å². The van der Waals surface area contributed by atoms with Gasteiger partial charge in [0, 0.05) is 12.6 Å². The quantitative estimate of drug-likeness (QED) is 0.821. The molecule has 0 radical (unpaired) electrons. The molecule has 0 heterocycles. The van der Waals surface area contributed by atoms with E-state index in [0.29, 0.717) is 17.8 Å². The molecular weight excluding hydrogens is 381 g/mol. The average molecular weight is 393 g/mol. The molecule has 2 aromatic rings. The monoisotopic (exact) mass is 392 g/mol. The second kappa shape index (κ2) is 6.93. The summed E-state index contributed by atoms with van der Waals surface area (Å²) in [4.78, 5) is 10.3. The molecule has 5 nitrogen and oxygen atoms in total. The molecule has 0 spiro atoms. The topological polar surface area (TPSA) is 75.3 Å². The Balaban J connectivity index is 2.38. The molecule has 0 aromatic heterocycles. The molecule has 0 saturated heterocycles. The molecular formula is C15H12ClF3N2O3S. The van der Waals surface area contributed by atoms with E-state index in [0.717, 1.165) is 6.07 Å². The number of benzene rings is 2. The lowest BCUT2D eigenvalue weighted by molar-refractivity contribution is -0.137. The van der Waals surface area contributed by atoms with E-state index < -0.39 is 26.7 Å². The summed E-state index contributed by atoms with van der Waals surface area (Å²) >= 11 is 5.75. The van der Waals surface area contributed by atoms with Gasteiger partial charge in [-0.25, -0.2) is 8.42 Å². The molecule has 0 saturated carbocycles. The van der Waals surface area contributed by atoms with Gasteiger partial charge < -0.3 is 5.32 Å². The highest BCUT2D eigenvalue weighted by atomic mass is 35.5. The molecule has 2 aromatic carbocycles.